The number of rotatable bonds is 6. The average Bonchev–Trinajstić information content (AvgIpc) is 3.68. The highest BCUT2D eigenvalue weighted by atomic mass is 16.2. The molecule has 3 heterocycles. The Morgan fingerprint density at radius 3 is 2.78 bits per heavy atom. The molecule has 0 bridgehead atoms. The Labute approximate surface area is 209 Å². The lowest BCUT2D eigenvalue weighted by molar-refractivity contribution is -0.133. The fraction of sp³-hybridized carbons (Fsp3) is 0.321. The number of piperidine rings is 1. The summed E-state index contributed by atoms with van der Waals surface area (Å²) in [4.78, 5) is 28.5. The van der Waals surface area contributed by atoms with Crippen molar-refractivity contribution in [3.63, 3.8) is 0 Å². The molecule has 4 aromatic rings. The van der Waals surface area contributed by atoms with Gasteiger partial charge in [0.15, 0.2) is 0 Å². The van der Waals surface area contributed by atoms with Crippen molar-refractivity contribution < 1.29 is 4.79 Å². The smallest absolute Gasteiger partial charge is 0.225 e. The highest BCUT2D eigenvalue weighted by Crippen LogP contribution is 2.32. The van der Waals surface area contributed by atoms with E-state index in [2.05, 4.69) is 45.6 Å². The molecule has 1 amide bonds. The van der Waals surface area contributed by atoms with Crippen LogP contribution in [0.4, 0.5) is 5.95 Å². The first kappa shape index (κ1) is 22.2. The van der Waals surface area contributed by atoms with Crippen LogP contribution < -0.4 is 5.32 Å². The minimum Gasteiger partial charge on any atom is -0.350 e. The minimum atomic E-state index is 0.109. The second-order valence-electron chi connectivity index (χ2n) is 9.59. The Hall–Kier alpha value is -4.25. The van der Waals surface area contributed by atoms with Crippen molar-refractivity contribution in [2.75, 3.05) is 18.4 Å². The van der Waals surface area contributed by atoms with Crippen molar-refractivity contribution >= 4 is 22.6 Å². The molecule has 1 aliphatic carbocycles. The van der Waals surface area contributed by atoms with Gasteiger partial charge in [-0.25, -0.2) is 9.97 Å². The molecule has 1 atom stereocenters. The van der Waals surface area contributed by atoms with Gasteiger partial charge in [0.1, 0.15) is 11.6 Å². The maximum Gasteiger partial charge on any atom is 0.225 e. The van der Waals surface area contributed by atoms with Crippen molar-refractivity contribution in [2.45, 2.75) is 38.1 Å². The normalized spacial score (nSPS) is 17.6. The van der Waals surface area contributed by atoms with Gasteiger partial charge in [-0.15, -0.1) is 0 Å². The van der Waals surface area contributed by atoms with Crippen LogP contribution >= 0.6 is 0 Å². The molecule has 0 radical (unpaired) electrons. The number of hydrogen-bond donors (Lipinski definition) is 1. The van der Waals surface area contributed by atoms with Crippen LogP contribution in [-0.2, 0) is 11.2 Å². The molecule has 0 unspecified atom stereocenters. The zero-order valence-corrected chi connectivity index (χ0v) is 20.0. The molecule has 8 heteroatoms. The lowest BCUT2D eigenvalue weighted by Crippen LogP contribution is -2.45. The van der Waals surface area contributed by atoms with E-state index >= 15 is 0 Å². The van der Waals surface area contributed by atoms with Crippen molar-refractivity contribution in [3.8, 4) is 23.3 Å². The fourth-order valence-corrected chi connectivity index (χ4v) is 4.99. The van der Waals surface area contributed by atoms with Gasteiger partial charge < -0.3 is 10.2 Å². The topological polar surface area (TPSA) is 99.7 Å². The van der Waals surface area contributed by atoms with Gasteiger partial charge in [-0.3, -0.25) is 9.36 Å². The number of nitrogens with one attached hydrogen (secondary N) is 1. The van der Waals surface area contributed by atoms with Gasteiger partial charge in [-0.05, 0) is 48.6 Å². The molecular formula is C28H27N7O. The quantitative estimate of drug-likeness (QED) is 0.443. The fourth-order valence-electron chi connectivity index (χ4n) is 4.99. The zero-order valence-electron chi connectivity index (χ0n) is 20.0. The molecule has 180 valence electrons. The summed E-state index contributed by atoms with van der Waals surface area (Å²) in [5, 5.41) is 15.2. The van der Waals surface area contributed by atoms with E-state index in [1.807, 2.05) is 33.7 Å². The molecule has 0 spiro atoms. The average molecular weight is 478 g/mol. The van der Waals surface area contributed by atoms with E-state index in [-0.39, 0.29) is 24.3 Å². The molecular weight excluding hydrogens is 450 g/mol. The van der Waals surface area contributed by atoms with Crippen molar-refractivity contribution in [1.82, 2.24) is 24.4 Å². The van der Waals surface area contributed by atoms with Gasteiger partial charge in [-0.1, -0.05) is 36.4 Å². The Bertz CT molecular complexity index is 1470. The lowest BCUT2D eigenvalue weighted by atomic mass is 10.1. The first-order chi connectivity index (χ1) is 17.7. The van der Waals surface area contributed by atoms with Gasteiger partial charge >= 0.3 is 0 Å². The van der Waals surface area contributed by atoms with E-state index in [4.69, 9.17) is 4.98 Å². The Morgan fingerprint density at radius 2 is 1.94 bits per heavy atom. The molecule has 1 N–H and O–H groups in total. The minimum absolute atomic E-state index is 0.109. The predicted octanol–water partition coefficient (Wildman–Crippen LogP) is 4.36. The summed E-state index contributed by atoms with van der Waals surface area (Å²) < 4.78 is 1.93. The van der Waals surface area contributed by atoms with Crippen LogP contribution in [0.25, 0.3) is 28.0 Å². The third-order valence-corrected chi connectivity index (χ3v) is 6.97. The number of nitriles is 1. The number of carbonyl (C=O) groups is 1. The first-order valence-electron chi connectivity index (χ1n) is 12.5. The van der Waals surface area contributed by atoms with Crippen LogP contribution in [0.3, 0.4) is 0 Å². The maximum atomic E-state index is 12.6. The van der Waals surface area contributed by atoms with Gasteiger partial charge in [0.05, 0.1) is 24.4 Å². The second kappa shape index (κ2) is 9.42. The molecule has 1 saturated heterocycles. The number of fused-ring (bicyclic) bond motifs is 1. The summed E-state index contributed by atoms with van der Waals surface area (Å²) in [7, 11) is 0. The molecule has 2 aromatic heterocycles. The van der Waals surface area contributed by atoms with E-state index in [0.717, 1.165) is 60.1 Å². The summed E-state index contributed by atoms with van der Waals surface area (Å²) in [5.41, 5.74) is 1.72. The van der Waals surface area contributed by atoms with Crippen LogP contribution in [-0.4, -0.2) is 49.5 Å². The largest absolute Gasteiger partial charge is 0.350 e. The van der Waals surface area contributed by atoms with E-state index in [0.29, 0.717) is 18.3 Å². The van der Waals surface area contributed by atoms with Crippen LogP contribution in [0.5, 0.6) is 0 Å². The van der Waals surface area contributed by atoms with Gasteiger partial charge in [0.2, 0.25) is 11.9 Å². The number of likely N-dealkylation sites (tertiary alicyclic amines) is 1. The SMILES string of the molecule is N#CCc1cnc(-c2ccc3ccccc3c2)n1-c1ccnc(N[C@H]2CCCN(C(=O)C3CC3)C2)n1. The monoisotopic (exact) mass is 477 g/mol. The molecule has 8 nitrogen and oxygen atoms in total. The standard InChI is InChI=1S/C28H27N7O/c29-13-11-24-17-31-26(22-10-7-19-4-1-2-5-21(19)16-22)35(24)25-12-14-30-28(33-25)32-23-6-3-15-34(18-23)27(36)20-8-9-20/h1-2,4-5,7,10,12,14,16-17,20,23H,3,6,8-9,11,15,18H2,(H,30,32,33)/t23-/m0/s1. The third kappa shape index (κ3) is 4.40. The number of amides is 1. The van der Waals surface area contributed by atoms with Crippen LogP contribution in [0.1, 0.15) is 31.4 Å². The van der Waals surface area contributed by atoms with Gasteiger partial charge in [0, 0.05) is 36.8 Å². The van der Waals surface area contributed by atoms with E-state index < -0.39 is 0 Å². The molecule has 2 aliphatic rings. The number of nitrogens with zero attached hydrogens (tertiary/aromatic N) is 6. The molecule has 1 aliphatic heterocycles. The Morgan fingerprint density at radius 1 is 1.08 bits per heavy atom. The predicted molar refractivity (Wildman–Crippen MR) is 137 cm³/mol. The molecule has 2 fully saturated rings. The highest BCUT2D eigenvalue weighted by Gasteiger charge is 2.35. The van der Waals surface area contributed by atoms with Crippen molar-refractivity contribution in [1.29, 1.82) is 5.26 Å². The third-order valence-electron chi connectivity index (χ3n) is 6.97. The molecule has 36 heavy (non-hydrogen) atoms. The number of hydrogen-bond acceptors (Lipinski definition) is 6. The van der Waals surface area contributed by atoms with E-state index in [9.17, 15) is 10.1 Å². The molecule has 1 saturated carbocycles. The van der Waals surface area contributed by atoms with Crippen LogP contribution in [0.15, 0.2) is 60.9 Å². The lowest BCUT2D eigenvalue weighted by Gasteiger charge is -2.33. The Balaban J connectivity index is 1.30. The number of imidazole rings is 1. The molecule has 6 rings (SSSR count). The van der Waals surface area contributed by atoms with Crippen LogP contribution in [0, 0.1) is 17.2 Å². The highest BCUT2D eigenvalue weighted by molar-refractivity contribution is 5.86. The maximum absolute atomic E-state index is 12.6. The van der Waals surface area contributed by atoms with Crippen LogP contribution in [0.2, 0.25) is 0 Å². The zero-order chi connectivity index (χ0) is 24.5. The summed E-state index contributed by atoms with van der Waals surface area (Å²) in [6, 6.07) is 18.6. The summed E-state index contributed by atoms with van der Waals surface area (Å²) in [6.45, 7) is 1.51. The number of carbonyl (C=O) groups excluding carboxylic acids is 1. The Kier molecular flexibility index (Phi) is 5.82. The van der Waals surface area contributed by atoms with Gasteiger partial charge in [0.25, 0.3) is 0 Å². The summed E-state index contributed by atoms with van der Waals surface area (Å²) in [6.07, 6.45) is 7.66. The van der Waals surface area contributed by atoms with E-state index in [1.54, 1.807) is 12.4 Å². The summed E-state index contributed by atoms with van der Waals surface area (Å²) >= 11 is 0. The van der Waals surface area contributed by atoms with Crippen molar-refractivity contribution in [2.24, 2.45) is 5.92 Å². The molecule has 2 aromatic carbocycles. The van der Waals surface area contributed by atoms with Gasteiger partial charge in [-0.2, -0.15) is 10.2 Å². The van der Waals surface area contributed by atoms with E-state index in [1.165, 1.54) is 0 Å². The number of anilines is 1. The number of aromatic nitrogens is 4. The first-order valence-corrected chi connectivity index (χ1v) is 12.5. The number of benzene rings is 2. The van der Waals surface area contributed by atoms with Crippen molar-refractivity contribution in [3.05, 3.63) is 66.6 Å². The summed E-state index contributed by atoms with van der Waals surface area (Å²) in [5.74, 6) is 2.42. The second-order valence-corrected chi connectivity index (χ2v) is 9.59.